The van der Waals surface area contributed by atoms with Gasteiger partial charge in [-0.3, -0.25) is 0 Å². The molecule has 5 heteroatoms. The van der Waals surface area contributed by atoms with Gasteiger partial charge in [0.05, 0.1) is 13.1 Å². The number of piperidine rings is 3. The first-order valence-electron chi connectivity index (χ1n) is 9.98. The van der Waals surface area contributed by atoms with Crippen molar-refractivity contribution in [1.29, 1.82) is 5.26 Å². The molecule has 3 saturated heterocycles. The second-order valence-electron chi connectivity index (χ2n) is 7.95. The molecule has 28 heavy (non-hydrogen) atoms. The van der Waals surface area contributed by atoms with Gasteiger partial charge < -0.3 is 14.5 Å². The van der Waals surface area contributed by atoms with E-state index >= 15 is 0 Å². The topological polar surface area (TPSA) is 62.1 Å². The van der Waals surface area contributed by atoms with Gasteiger partial charge in [0.15, 0.2) is 18.7 Å². The van der Waals surface area contributed by atoms with Gasteiger partial charge in [-0.15, -0.1) is 0 Å². The molecule has 0 amide bonds. The first-order valence-corrected chi connectivity index (χ1v) is 9.98. The van der Waals surface area contributed by atoms with Crippen LogP contribution in [0.1, 0.15) is 24.4 Å². The lowest BCUT2D eigenvalue weighted by atomic mass is 9.83. The van der Waals surface area contributed by atoms with Gasteiger partial charge in [-0.2, -0.15) is 5.26 Å². The Labute approximate surface area is 166 Å². The van der Waals surface area contributed by atoms with E-state index in [1.807, 2.05) is 60.7 Å². The molecule has 5 rings (SSSR count). The molecule has 2 atom stereocenters. The van der Waals surface area contributed by atoms with E-state index in [0.29, 0.717) is 12.5 Å². The number of ether oxygens (including phenoxy) is 1. The third kappa shape index (κ3) is 3.88. The molecule has 2 aromatic rings. The standard InChI is InChI=1S/C23H26N3O2/c24-13-16-26-14-11-18(12-15-26)21(17-26)28-23(27)22(19-7-3-1-4-8-19)25-20-9-5-2-6-10-20/h1-10,18,21-22,25H,11-12,14-17H2/q+1. The summed E-state index contributed by atoms with van der Waals surface area (Å²) < 4.78 is 6.83. The first kappa shape index (κ1) is 18.5. The highest BCUT2D eigenvalue weighted by Gasteiger charge is 2.48. The smallest absolute Gasteiger partial charge is 0.333 e. The molecular formula is C23H26N3O2+. The third-order valence-electron chi connectivity index (χ3n) is 6.17. The maximum absolute atomic E-state index is 13.2. The number of rotatable bonds is 6. The van der Waals surface area contributed by atoms with Crippen LogP contribution in [0.2, 0.25) is 0 Å². The van der Waals surface area contributed by atoms with Crippen LogP contribution in [-0.4, -0.2) is 42.7 Å². The molecule has 3 heterocycles. The fraction of sp³-hybridized carbons (Fsp3) is 0.391. The summed E-state index contributed by atoms with van der Waals surface area (Å²) in [5, 5.41) is 12.5. The predicted molar refractivity (Wildman–Crippen MR) is 107 cm³/mol. The fourth-order valence-corrected chi connectivity index (χ4v) is 4.57. The number of fused-ring (bicyclic) bond motifs is 3. The molecule has 144 valence electrons. The van der Waals surface area contributed by atoms with E-state index < -0.39 is 6.04 Å². The van der Waals surface area contributed by atoms with Crippen LogP contribution in [-0.2, 0) is 9.53 Å². The summed E-state index contributed by atoms with van der Waals surface area (Å²) in [5.41, 5.74) is 1.77. The van der Waals surface area contributed by atoms with Gasteiger partial charge in [-0.25, -0.2) is 4.79 Å². The van der Waals surface area contributed by atoms with Crippen LogP contribution in [0, 0.1) is 17.2 Å². The van der Waals surface area contributed by atoms with E-state index in [4.69, 9.17) is 4.74 Å². The number of anilines is 1. The van der Waals surface area contributed by atoms with Crippen LogP contribution in [0.5, 0.6) is 0 Å². The van der Waals surface area contributed by atoms with Crippen LogP contribution in [0.15, 0.2) is 60.7 Å². The lowest BCUT2D eigenvalue weighted by Gasteiger charge is -2.50. The minimum absolute atomic E-state index is 0.105. The number of nitriles is 1. The zero-order valence-electron chi connectivity index (χ0n) is 16.0. The number of nitrogens with zero attached hydrogens (tertiary/aromatic N) is 2. The SMILES string of the molecule is N#CC[N+]12CCC(CC1)C(OC(=O)C(Nc1ccccc1)c1ccccc1)C2. The van der Waals surface area contributed by atoms with E-state index in [1.165, 1.54) is 0 Å². The highest BCUT2D eigenvalue weighted by molar-refractivity contribution is 5.81. The van der Waals surface area contributed by atoms with Crippen molar-refractivity contribution in [1.82, 2.24) is 0 Å². The molecule has 0 spiro atoms. The largest absolute Gasteiger partial charge is 0.454 e. The highest BCUT2D eigenvalue weighted by Crippen LogP contribution is 2.36. The molecule has 3 aliphatic rings. The van der Waals surface area contributed by atoms with Crippen molar-refractivity contribution in [3.05, 3.63) is 66.2 Å². The Hall–Kier alpha value is -2.84. The molecule has 0 aromatic heterocycles. The first-order chi connectivity index (χ1) is 13.7. The molecule has 0 radical (unpaired) electrons. The number of esters is 1. The summed E-state index contributed by atoms with van der Waals surface area (Å²) in [6.45, 7) is 3.31. The number of nitrogens with one attached hydrogen (secondary N) is 1. The van der Waals surface area contributed by atoms with Gasteiger partial charge in [0.1, 0.15) is 12.6 Å². The Balaban J connectivity index is 1.52. The van der Waals surface area contributed by atoms with E-state index in [2.05, 4.69) is 11.4 Å². The maximum Gasteiger partial charge on any atom is 0.333 e. The number of hydrogen-bond donors (Lipinski definition) is 1. The summed E-state index contributed by atoms with van der Waals surface area (Å²) in [6, 6.07) is 21.2. The van der Waals surface area contributed by atoms with E-state index in [0.717, 1.165) is 48.2 Å². The number of quaternary nitrogens is 1. The van der Waals surface area contributed by atoms with Crippen molar-refractivity contribution in [2.75, 3.05) is 31.5 Å². The second kappa shape index (κ2) is 8.04. The van der Waals surface area contributed by atoms with Gasteiger partial charge in [-0.05, 0) is 17.7 Å². The maximum atomic E-state index is 13.2. The van der Waals surface area contributed by atoms with Crippen LogP contribution < -0.4 is 5.32 Å². The van der Waals surface area contributed by atoms with Crippen molar-refractivity contribution in [2.24, 2.45) is 5.92 Å². The van der Waals surface area contributed by atoms with Crippen molar-refractivity contribution in [3.8, 4) is 6.07 Å². The molecule has 1 N–H and O–H groups in total. The van der Waals surface area contributed by atoms with Crippen molar-refractivity contribution >= 4 is 11.7 Å². The number of carbonyl (C=O) groups is 1. The Kier molecular flexibility index (Phi) is 5.31. The minimum Gasteiger partial charge on any atom is -0.454 e. The molecular weight excluding hydrogens is 350 g/mol. The lowest BCUT2D eigenvalue weighted by Crippen LogP contribution is -2.64. The van der Waals surface area contributed by atoms with Crippen molar-refractivity contribution in [2.45, 2.75) is 25.0 Å². The number of carbonyl (C=O) groups excluding carboxylic acids is 1. The van der Waals surface area contributed by atoms with E-state index in [-0.39, 0.29) is 12.1 Å². The Morgan fingerprint density at radius 1 is 1.11 bits per heavy atom. The average molecular weight is 376 g/mol. The summed E-state index contributed by atoms with van der Waals surface area (Å²) in [4.78, 5) is 13.2. The van der Waals surface area contributed by atoms with Crippen LogP contribution >= 0.6 is 0 Å². The monoisotopic (exact) mass is 376 g/mol. The average Bonchev–Trinajstić information content (AvgIpc) is 2.74. The fourth-order valence-electron chi connectivity index (χ4n) is 4.57. The Morgan fingerprint density at radius 2 is 1.75 bits per heavy atom. The molecule has 0 saturated carbocycles. The van der Waals surface area contributed by atoms with Crippen molar-refractivity contribution in [3.63, 3.8) is 0 Å². The van der Waals surface area contributed by atoms with Gasteiger partial charge in [0, 0.05) is 24.4 Å². The molecule has 2 bridgehead atoms. The zero-order chi connectivity index (χ0) is 19.4. The molecule has 2 unspecified atom stereocenters. The summed E-state index contributed by atoms with van der Waals surface area (Å²) in [6.07, 6.45) is 1.95. The summed E-state index contributed by atoms with van der Waals surface area (Å²) >= 11 is 0. The van der Waals surface area contributed by atoms with Crippen LogP contribution in [0.3, 0.4) is 0 Å². The normalized spacial score (nSPS) is 26.8. The zero-order valence-corrected chi connectivity index (χ0v) is 16.0. The van der Waals surface area contributed by atoms with Crippen molar-refractivity contribution < 1.29 is 14.0 Å². The highest BCUT2D eigenvalue weighted by atomic mass is 16.5. The number of para-hydroxylation sites is 1. The van der Waals surface area contributed by atoms with Gasteiger partial charge in [0.2, 0.25) is 0 Å². The number of benzene rings is 2. The summed E-state index contributed by atoms with van der Waals surface area (Å²) in [5.74, 6) is 0.166. The minimum atomic E-state index is -0.552. The predicted octanol–water partition coefficient (Wildman–Crippen LogP) is 3.52. The van der Waals surface area contributed by atoms with Crippen LogP contribution in [0.25, 0.3) is 0 Å². The molecule has 0 aliphatic carbocycles. The third-order valence-corrected chi connectivity index (χ3v) is 6.17. The van der Waals surface area contributed by atoms with Crippen LogP contribution in [0.4, 0.5) is 5.69 Å². The quantitative estimate of drug-likeness (QED) is 0.476. The van der Waals surface area contributed by atoms with E-state index in [1.54, 1.807) is 0 Å². The molecule has 5 nitrogen and oxygen atoms in total. The Morgan fingerprint density at radius 3 is 2.39 bits per heavy atom. The second-order valence-corrected chi connectivity index (χ2v) is 7.95. The lowest BCUT2D eigenvalue weighted by molar-refractivity contribution is -0.940. The van der Waals surface area contributed by atoms with Gasteiger partial charge in [-0.1, -0.05) is 48.5 Å². The Bertz CT molecular complexity index is 839. The molecule has 3 aliphatic heterocycles. The number of hydrogen-bond acceptors (Lipinski definition) is 4. The van der Waals surface area contributed by atoms with E-state index in [9.17, 15) is 10.1 Å². The summed E-state index contributed by atoms with van der Waals surface area (Å²) in [7, 11) is 0. The van der Waals surface area contributed by atoms with Gasteiger partial charge >= 0.3 is 5.97 Å². The molecule has 3 fully saturated rings. The molecule has 2 aromatic carbocycles. The van der Waals surface area contributed by atoms with Gasteiger partial charge in [0.25, 0.3) is 0 Å².